The fourth-order valence-electron chi connectivity index (χ4n) is 2.22. The molecule has 0 saturated heterocycles. The first-order valence-corrected chi connectivity index (χ1v) is 6.91. The second-order valence-corrected chi connectivity index (χ2v) is 5.46. The van der Waals surface area contributed by atoms with Crippen molar-refractivity contribution in [1.82, 2.24) is 4.90 Å². The van der Waals surface area contributed by atoms with E-state index in [2.05, 4.69) is 0 Å². The summed E-state index contributed by atoms with van der Waals surface area (Å²) in [5, 5.41) is 19.0. The van der Waals surface area contributed by atoms with E-state index >= 15 is 0 Å². The summed E-state index contributed by atoms with van der Waals surface area (Å²) in [6, 6.07) is 11.8. The number of phenols is 2. The van der Waals surface area contributed by atoms with E-state index in [9.17, 15) is 15.0 Å². The van der Waals surface area contributed by atoms with E-state index < -0.39 is 0 Å². The Kier molecular flexibility index (Phi) is 4.56. The number of hydrogen-bond acceptors (Lipinski definition) is 4. The quantitative estimate of drug-likeness (QED) is 0.910. The van der Waals surface area contributed by atoms with Crippen molar-refractivity contribution in [3.63, 3.8) is 0 Å². The van der Waals surface area contributed by atoms with Gasteiger partial charge < -0.3 is 20.0 Å². The second kappa shape index (κ2) is 6.39. The monoisotopic (exact) mass is 300 g/mol. The third-order valence-electron chi connectivity index (χ3n) is 3.34. The van der Waals surface area contributed by atoms with E-state index in [1.165, 1.54) is 18.2 Å². The highest BCUT2D eigenvalue weighted by Gasteiger charge is 2.14. The number of aromatic hydroxyl groups is 2. The molecule has 0 aromatic heterocycles. The first-order chi connectivity index (χ1) is 10.4. The summed E-state index contributed by atoms with van der Waals surface area (Å²) >= 11 is 0. The van der Waals surface area contributed by atoms with Gasteiger partial charge in [-0.2, -0.15) is 0 Å². The number of amides is 1. The number of rotatable bonds is 4. The van der Waals surface area contributed by atoms with E-state index in [4.69, 9.17) is 0 Å². The van der Waals surface area contributed by atoms with Gasteiger partial charge in [-0.25, -0.2) is 0 Å². The van der Waals surface area contributed by atoms with E-state index in [-0.39, 0.29) is 23.0 Å². The standard InChI is InChI=1S/C17H20N2O3/c1-18(2)14-6-4-5-12(7-14)11-19(3)17(22)13-8-15(20)10-16(21)9-13/h4-10,20-21H,11H2,1-3H3. The highest BCUT2D eigenvalue weighted by molar-refractivity contribution is 5.94. The van der Waals surface area contributed by atoms with Gasteiger partial charge in [-0.3, -0.25) is 4.79 Å². The minimum absolute atomic E-state index is 0.133. The largest absolute Gasteiger partial charge is 0.508 e. The van der Waals surface area contributed by atoms with Crippen molar-refractivity contribution in [2.45, 2.75) is 6.54 Å². The average Bonchev–Trinajstić information content (AvgIpc) is 2.45. The molecule has 116 valence electrons. The molecule has 5 nitrogen and oxygen atoms in total. The molecule has 1 amide bonds. The molecule has 0 bridgehead atoms. The fourth-order valence-corrected chi connectivity index (χ4v) is 2.22. The molecule has 2 aromatic carbocycles. The Balaban J connectivity index is 2.16. The minimum atomic E-state index is -0.263. The third kappa shape index (κ3) is 3.69. The summed E-state index contributed by atoms with van der Waals surface area (Å²) in [6.45, 7) is 0.441. The Morgan fingerprint density at radius 3 is 2.23 bits per heavy atom. The van der Waals surface area contributed by atoms with E-state index in [0.29, 0.717) is 6.54 Å². The zero-order valence-electron chi connectivity index (χ0n) is 12.9. The molecule has 2 rings (SSSR count). The summed E-state index contributed by atoms with van der Waals surface area (Å²) in [4.78, 5) is 15.9. The molecule has 0 aliphatic heterocycles. The molecular weight excluding hydrogens is 280 g/mol. The molecule has 0 spiro atoms. The first kappa shape index (κ1) is 15.7. The van der Waals surface area contributed by atoms with Crippen LogP contribution in [-0.2, 0) is 6.54 Å². The van der Waals surface area contributed by atoms with Crippen molar-refractivity contribution in [1.29, 1.82) is 0 Å². The second-order valence-electron chi connectivity index (χ2n) is 5.46. The van der Waals surface area contributed by atoms with Gasteiger partial charge in [0.25, 0.3) is 5.91 Å². The number of hydrogen-bond donors (Lipinski definition) is 2. The molecule has 0 atom stereocenters. The normalized spacial score (nSPS) is 10.3. The van der Waals surface area contributed by atoms with Gasteiger partial charge in [-0.1, -0.05) is 12.1 Å². The summed E-state index contributed by atoms with van der Waals surface area (Å²) in [5.41, 5.74) is 2.32. The molecule has 5 heteroatoms. The van der Waals surface area contributed by atoms with Crippen LogP contribution < -0.4 is 4.90 Å². The van der Waals surface area contributed by atoms with Gasteiger partial charge in [0.15, 0.2) is 0 Å². The number of phenolic OH excluding ortho intramolecular Hbond substituents is 2. The van der Waals surface area contributed by atoms with Crippen LogP contribution in [0.25, 0.3) is 0 Å². The molecule has 2 N–H and O–H groups in total. The number of benzene rings is 2. The topological polar surface area (TPSA) is 64.0 Å². The van der Waals surface area contributed by atoms with E-state index in [1.54, 1.807) is 11.9 Å². The molecule has 0 saturated carbocycles. The molecule has 0 heterocycles. The number of carbonyl (C=O) groups is 1. The van der Waals surface area contributed by atoms with Crippen molar-refractivity contribution < 1.29 is 15.0 Å². The summed E-state index contributed by atoms with van der Waals surface area (Å²) < 4.78 is 0. The Morgan fingerprint density at radius 1 is 1.00 bits per heavy atom. The molecule has 22 heavy (non-hydrogen) atoms. The number of nitrogens with zero attached hydrogens (tertiary/aromatic N) is 2. The van der Waals surface area contributed by atoms with E-state index in [1.807, 2.05) is 43.3 Å². The van der Waals surface area contributed by atoms with Gasteiger partial charge >= 0.3 is 0 Å². The lowest BCUT2D eigenvalue weighted by molar-refractivity contribution is 0.0784. The Bertz CT molecular complexity index is 663. The van der Waals surface area contributed by atoms with Crippen LogP contribution in [-0.4, -0.2) is 42.2 Å². The smallest absolute Gasteiger partial charge is 0.254 e. The van der Waals surface area contributed by atoms with Crippen LogP contribution in [0, 0.1) is 0 Å². The van der Waals surface area contributed by atoms with Crippen LogP contribution in [0.1, 0.15) is 15.9 Å². The van der Waals surface area contributed by atoms with Crippen molar-refractivity contribution >= 4 is 11.6 Å². The molecular formula is C17H20N2O3. The van der Waals surface area contributed by atoms with Crippen molar-refractivity contribution in [3.05, 3.63) is 53.6 Å². The maximum atomic E-state index is 12.4. The number of anilines is 1. The van der Waals surface area contributed by atoms with Crippen molar-refractivity contribution in [2.75, 3.05) is 26.0 Å². The summed E-state index contributed by atoms with van der Waals surface area (Å²) in [5.74, 6) is -0.529. The van der Waals surface area contributed by atoms with Crippen LogP contribution >= 0.6 is 0 Å². The van der Waals surface area contributed by atoms with Crippen molar-refractivity contribution in [2.24, 2.45) is 0 Å². The van der Waals surface area contributed by atoms with Gasteiger partial charge in [0.2, 0.25) is 0 Å². The Hall–Kier alpha value is -2.69. The van der Waals surface area contributed by atoms with E-state index in [0.717, 1.165) is 11.3 Å². The van der Waals surface area contributed by atoms with Gasteiger partial charge in [-0.05, 0) is 29.8 Å². The average molecular weight is 300 g/mol. The summed E-state index contributed by atoms with van der Waals surface area (Å²) in [7, 11) is 5.61. The van der Waals surface area contributed by atoms with Crippen LogP contribution in [0.2, 0.25) is 0 Å². The van der Waals surface area contributed by atoms with Crippen molar-refractivity contribution in [3.8, 4) is 11.5 Å². The van der Waals surface area contributed by atoms with Crippen LogP contribution in [0.3, 0.4) is 0 Å². The summed E-state index contributed by atoms with van der Waals surface area (Å²) in [6.07, 6.45) is 0. The zero-order valence-corrected chi connectivity index (χ0v) is 12.9. The van der Waals surface area contributed by atoms with Crippen LogP contribution in [0.15, 0.2) is 42.5 Å². The van der Waals surface area contributed by atoms with Gasteiger partial charge in [0, 0.05) is 45.0 Å². The third-order valence-corrected chi connectivity index (χ3v) is 3.34. The van der Waals surface area contributed by atoms with Gasteiger partial charge in [0.1, 0.15) is 11.5 Å². The molecule has 0 unspecified atom stereocenters. The predicted octanol–water partition coefficient (Wildman–Crippen LogP) is 2.44. The molecule has 0 radical (unpaired) electrons. The lowest BCUT2D eigenvalue weighted by Gasteiger charge is -2.19. The Labute approximate surface area is 130 Å². The SMILES string of the molecule is CN(Cc1cccc(N(C)C)c1)C(=O)c1cc(O)cc(O)c1. The molecule has 2 aromatic rings. The minimum Gasteiger partial charge on any atom is -0.508 e. The van der Waals surface area contributed by atoms with Gasteiger partial charge in [-0.15, -0.1) is 0 Å². The number of carbonyl (C=O) groups excluding carboxylic acids is 1. The first-order valence-electron chi connectivity index (χ1n) is 6.91. The lowest BCUT2D eigenvalue weighted by atomic mass is 10.1. The zero-order chi connectivity index (χ0) is 16.3. The highest BCUT2D eigenvalue weighted by atomic mass is 16.3. The molecule has 0 fully saturated rings. The van der Waals surface area contributed by atoms with Crippen LogP contribution in [0.5, 0.6) is 11.5 Å². The highest BCUT2D eigenvalue weighted by Crippen LogP contribution is 2.22. The van der Waals surface area contributed by atoms with Crippen LogP contribution in [0.4, 0.5) is 5.69 Å². The molecule has 0 aliphatic rings. The molecule has 0 aliphatic carbocycles. The fraction of sp³-hybridized carbons (Fsp3) is 0.235. The maximum absolute atomic E-state index is 12.4. The Morgan fingerprint density at radius 2 is 1.64 bits per heavy atom. The lowest BCUT2D eigenvalue weighted by Crippen LogP contribution is -2.26. The maximum Gasteiger partial charge on any atom is 0.254 e. The van der Waals surface area contributed by atoms with Gasteiger partial charge in [0.05, 0.1) is 0 Å². The predicted molar refractivity (Wildman–Crippen MR) is 86.3 cm³/mol.